The predicted molar refractivity (Wildman–Crippen MR) is 174 cm³/mol. The van der Waals surface area contributed by atoms with Crippen LogP contribution in [0.3, 0.4) is 0 Å². The van der Waals surface area contributed by atoms with Crippen molar-refractivity contribution in [1.82, 2.24) is 10.2 Å². The van der Waals surface area contributed by atoms with Crippen molar-refractivity contribution >= 4 is 76.4 Å². The second kappa shape index (κ2) is 16.9. The maximum atomic E-state index is 13.4. The summed E-state index contributed by atoms with van der Waals surface area (Å²) in [6, 6.07) is 9.50. The molecule has 0 unspecified atom stereocenters. The van der Waals surface area contributed by atoms with Crippen molar-refractivity contribution in [3.8, 4) is 0 Å². The summed E-state index contributed by atoms with van der Waals surface area (Å²) in [4.78, 5) is 68.2. The van der Waals surface area contributed by atoms with Gasteiger partial charge < -0.3 is 25.4 Å². The molecule has 2 atom stereocenters. The van der Waals surface area contributed by atoms with Crippen molar-refractivity contribution in [3.05, 3.63) is 45.6 Å². The number of nitrogens with two attached hydrogens (primary N) is 1. The molecular weight excluding hydrogens is 645 g/mol. The van der Waals surface area contributed by atoms with Crippen LogP contribution in [0.4, 0.5) is 16.2 Å². The first-order valence-electron chi connectivity index (χ1n) is 14.6. The molecule has 0 radical (unpaired) electrons. The summed E-state index contributed by atoms with van der Waals surface area (Å²) in [5.41, 5.74) is 7.17. The van der Waals surface area contributed by atoms with Crippen LogP contribution in [-0.2, 0) is 23.9 Å². The van der Waals surface area contributed by atoms with E-state index in [-0.39, 0.29) is 50.3 Å². The fourth-order valence-corrected chi connectivity index (χ4v) is 5.98. The SMILES string of the molecule is CC(C)C[C@H](N)C(=O)NCCCCC(=O)N(C[C@H]1CN(c2ccc(N3CCOCC3=O)cc2)C(=O)O1)C(=O)c1ccc(Cl)s1.Cl. The molecular formula is C30H39Cl2N5O7S. The van der Waals surface area contributed by atoms with E-state index < -0.39 is 30.1 Å². The molecule has 4 rings (SSSR count). The van der Waals surface area contributed by atoms with Crippen molar-refractivity contribution < 1.29 is 33.4 Å². The minimum Gasteiger partial charge on any atom is -0.442 e. The monoisotopic (exact) mass is 683 g/mol. The molecule has 3 heterocycles. The molecule has 0 saturated carbocycles. The summed E-state index contributed by atoms with van der Waals surface area (Å²) in [7, 11) is 0. The molecule has 1 aromatic carbocycles. The molecule has 2 aliphatic rings. The average Bonchev–Trinajstić information content (AvgIpc) is 3.60. The fraction of sp³-hybridized carbons (Fsp3) is 0.500. The van der Waals surface area contributed by atoms with E-state index in [1.807, 2.05) is 13.8 Å². The Bertz CT molecular complexity index is 1360. The van der Waals surface area contributed by atoms with Gasteiger partial charge in [-0.1, -0.05) is 25.4 Å². The quantitative estimate of drug-likeness (QED) is 0.302. The summed E-state index contributed by atoms with van der Waals surface area (Å²) in [6.45, 7) is 5.26. The van der Waals surface area contributed by atoms with E-state index in [9.17, 15) is 24.0 Å². The van der Waals surface area contributed by atoms with Crippen LogP contribution in [0.5, 0.6) is 0 Å². The van der Waals surface area contributed by atoms with E-state index in [2.05, 4.69) is 5.32 Å². The van der Waals surface area contributed by atoms with Gasteiger partial charge in [0.05, 0.1) is 35.0 Å². The highest BCUT2D eigenvalue weighted by atomic mass is 35.5. The van der Waals surface area contributed by atoms with Gasteiger partial charge in [0.2, 0.25) is 11.8 Å². The molecule has 2 aliphatic heterocycles. The van der Waals surface area contributed by atoms with Gasteiger partial charge in [-0.3, -0.25) is 29.0 Å². The number of rotatable bonds is 13. The van der Waals surface area contributed by atoms with Gasteiger partial charge in [-0.2, -0.15) is 0 Å². The number of ether oxygens (including phenoxy) is 2. The highest BCUT2D eigenvalue weighted by Crippen LogP contribution is 2.27. The lowest BCUT2D eigenvalue weighted by atomic mass is 10.0. The van der Waals surface area contributed by atoms with Crippen molar-refractivity contribution in [2.24, 2.45) is 11.7 Å². The third-order valence-electron chi connectivity index (χ3n) is 7.23. The highest BCUT2D eigenvalue weighted by Gasteiger charge is 2.36. The van der Waals surface area contributed by atoms with Crippen LogP contribution >= 0.6 is 35.3 Å². The first kappa shape index (κ1) is 36.2. The van der Waals surface area contributed by atoms with E-state index in [4.69, 9.17) is 26.8 Å². The second-order valence-corrected chi connectivity index (χ2v) is 12.8. The number of cyclic esters (lactones) is 1. The minimum atomic E-state index is -0.756. The zero-order chi connectivity index (χ0) is 31.8. The van der Waals surface area contributed by atoms with Gasteiger partial charge in [0.25, 0.3) is 11.8 Å². The molecule has 0 aliphatic carbocycles. The van der Waals surface area contributed by atoms with E-state index in [0.717, 1.165) is 16.2 Å². The number of imide groups is 1. The fourth-order valence-electron chi connectivity index (χ4n) is 4.99. The van der Waals surface area contributed by atoms with Gasteiger partial charge in [0, 0.05) is 30.9 Å². The number of halogens is 2. The van der Waals surface area contributed by atoms with Gasteiger partial charge in [-0.15, -0.1) is 23.7 Å². The van der Waals surface area contributed by atoms with Crippen LogP contribution in [0.25, 0.3) is 0 Å². The van der Waals surface area contributed by atoms with Gasteiger partial charge in [-0.25, -0.2) is 4.79 Å². The Balaban J connectivity index is 0.00000552. The van der Waals surface area contributed by atoms with E-state index in [1.54, 1.807) is 41.3 Å². The third kappa shape index (κ3) is 9.88. The first-order chi connectivity index (χ1) is 21.0. The normalized spacial score (nSPS) is 17.1. The molecule has 246 valence electrons. The number of nitrogens with one attached hydrogen (secondary N) is 1. The van der Waals surface area contributed by atoms with E-state index in [0.29, 0.717) is 65.5 Å². The lowest BCUT2D eigenvalue weighted by Crippen LogP contribution is -2.43. The molecule has 15 heteroatoms. The Kier molecular flexibility index (Phi) is 13.6. The molecule has 0 bridgehead atoms. The maximum Gasteiger partial charge on any atom is 0.414 e. The number of hydrogen-bond donors (Lipinski definition) is 2. The third-order valence-corrected chi connectivity index (χ3v) is 8.45. The number of amides is 5. The lowest BCUT2D eigenvalue weighted by Gasteiger charge is -2.27. The summed E-state index contributed by atoms with van der Waals surface area (Å²) >= 11 is 7.10. The summed E-state index contributed by atoms with van der Waals surface area (Å²) in [5, 5.41) is 2.79. The first-order valence-corrected chi connectivity index (χ1v) is 15.8. The zero-order valence-corrected chi connectivity index (χ0v) is 27.6. The molecule has 0 spiro atoms. The summed E-state index contributed by atoms with van der Waals surface area (Å²) in [5.74, 6) is -1.01. The number of carbonyl (C=O) groups is 5. The van der Waals surface area contributed by atoms with Gasteiger partial charge in [0.1, 0.15) is 12.7 Å². The smallest absolute Gasteiger partial charge is 0.414 e. The topological polar surface area (TPSA) is 152 Å². The Hall–Kier alpha value is -3.23. The Morgan fingerprint density at radius 2 is 1.78 bits per heavy atom. The van der Waals surface area contributed by atoms with E-state index in [1.165, 1.54) is 4.90 Å². The molecule has 12 nitrogen and oxygen atoms in total. The number of hydrogen-bond acceptors (Lipinski definition) is 9. The van der Waals surface area contributed by atoms with Crippen LogP contribution in [0.2, 0.25) is 4.34 Å². The molecule has 2 fully saturated rings. The standard InChI is InChI=1S/C30H38ClN5O7S.ClH/c1-19(2)15-23(32)28(39)33-12-4-3-5-26(37)36(29(40)24-10-11-25(31)44-24)17-22-16-35(30(41)43-22)21-8-6-20(7-9-21)34-13-14-42-18-27(34)38;/h6-11,19,22-23H,3-5,12-18,32H2,1-2H3,(H,33,39);1H/t22-,23+;/m1./s1. The Morgan fingerprint density at radius 3 is 2.40 bits per heavy atom. The maximum absolute atomic E-state index is 13.4. The van der Waals surface area contributed by atoms with Crippen LogP contribution in [0.1, 0.15) is 49.2 Å². The lowest BCUT2D eigenvalue weighted by molar-refractivity contribution is -0.129. The Labute approximate surface area is 277 Å². The van der Waals surface area contributed by atoms with Crippen LogP contribution < -0.4 is 20.9 Å². The second-order valence-electron chi connectivity index (χ2n) is 11.1. The van der Waals surface area contributed by atoms with Crippen molar-refractivity contribution in [2.75, 3.05) is 49.2 Å². The number of nitrogens with zero attached hydrogens (tertiary/aromatic N) is 3. The van der Waals surface area contributed by atoms with Gasteiger partial charge in [0.15, 0.2) is 0 Å². The van der Waals surface area contributed by atoms with Crippen LogP contribution in [-0.4, -0.2) is 86.2 Å². The Morgan fingerprint density at radius 1 is 1.09 bits per heavy atom. The molecule has 2 saturated heterocycles. The van der Waals surface area contributed by atoms with E-state index >= 15 is 0 Å². The number of unbranched alkanes of at least 4 members (excludes halogenated alkanes) is 1. The van der Waals surface area contributed by atoms with Crippen LogP contribution in [0, 0.1) is 5.92 Å². The van der Waals surface area contributed by atoms with Gasteiger partial charge in [-0.05, 0) is 61.6 Å². The number of thiophene rings is 1. The number of benzene rings is 1. The van der Waals surface area contributed by atoms with Crippen molar-refractivity contribution in [2.45, 2.75) is 51.7 Å². The van der Waals surface area contributed by atoms with Gasteiger partial charge >= 0.3 is 6.09 Å². The molecule has 45 heavy (non-hydrogen) atoms. The molecule has 1 aromatic heterocycles. The number of morpholine rings is 1. The number of anilines is 2. The van der Waals surface area contributed by atoms with Crippen molar-refractivity contribution in [3.63, 3.8) is 0 Å². The van der Waals surface area contributed by atoms with Crippen LogP contribution in [0.15, 0.2) is 36.4 Å². The predicted octanol–water partition coefficient (Wildman–Crippen LogP) is 3.84. The minimum absolute atomic E-state index is 0. The van der Waals surface area contributed by atoms with Crippen molar-refractivity contribution in [1.29, 1.82) is 0 Å². The largest absolute Gasteiger partial charge is 0.442 e. The summed E-state index contributed by atoms with van der Waals surface area (Å²) < 4.78 is 11.2. The summed E-state index contributed by atoms with van der Waals surface area (Å²) in [6.07, 6.45) is 0.241. The zero-order valence-electron chi connectivity index (χ0n) is 25.2. The molecule has 3 N–H and O–H groups in total. The average molecular weight is 685 g/mol. The molecule has 2 aromatic rings. The number of carbonyl (C=O) groups excluding carboxylic acids is 5. The molecule has 5 amide bonds. The highest BCUT2D eigenvalue weighted by molar-refractivity contribution is 7.18.